The lowest BCUT2D eigenvalue weighted by Gasteiger charge is -2.08. The molecule has 20 heavy (non-hydrogen) atoms. The van der Waals surface area contributed by atoms with E-state index in [1.807, 2.05) is 6.92 Å². The van der Waals surface area contributed by atoms with Gasteiger partial charge in [-0.15, -0.1) is 0 Å². The van der Waals surface area contributed by atoms with Gasteiger partial charge in [0.1, 0.15) is 11.8 Å². The maximum absolute atomic E-state index is 12.0. The summed E-state index contributed by atoms with van der Waals surface area (Å²) in [7, 11) is 0. The summed E-state index contributed by atoms with van der Waals surface area (Å²) < 4.78 is 10.5. The molecule has 0 amide bonds. The topological polar surface area (TPSA) is 61.3 Å². The van der Waals surface area contributed by atoms with Crippen LogP contribution in [0.3, 0.4) is 0 Å². The first-order chi connectivity index (χ1) is 9.70. The van der Waals surface area contributed by atoms with Crippen LogP contribution in [0.25, 0.3) is 0 Å². The number of ether oxygens (including phenoxy) is 2. The molecule has 0 radical (unpaired) electrons. The number of pyridine rings is 2. The minimum absolute atomic E-state index is 0.102. The molecule has 2 heterocycles. The van der Waals surface area contributed by atoms with Gasteiger partial charge in [-0.25, -0.2) is 14.8 Å². The number of carbonyl (C=O) groups is 1. The number of aromatic nitrogens is 2. The fourth-order valence-electron chi connectivity index (χ4n) is 1.52. The van der Waals surface area contributed by atoms with Crippen molar-refractivity contribution in [3.05, 3.63) is 53.1 Å². The zero-order valence-electron chi connectivity index (χ0n) is 10.9. The van der Waals surface area contributed by atoms with Gasteiger partial charge in [0.25, 0.3) is 0 Å². The van der Waals surface area contributed by atoms with E-state index < -0.39 is 5.97 Å². The summed E-state index contributed by atoms with van der Waals surface area (Å²) in [6, 6.07) is 6.75. The molecule has 0 N–H and O–H groups in total. The Morgan fingerprint density at radius 2 is 2.15 bits per heavy atom. The summed E-state index contributed by atoms with van der Waals surface area (Å²) >= 11 is 5.68. The van der Waals surface area contributed by atoms with Gasteiger partial charge in [0.05, 0.1) is 6.61 Å². The van der Waals surface area contributed by atoms with Crippen LogP contribution in [-0.2, 0) is 11.3 Å². The van der Waals surface area contributed by atoms with Crippen molar-refractivity contribution in [1.29, 1.82) is 0 Å². The molecule has 0 aliphatic carbocycles. The summed E-state index contributed by atoms with van der Waals surface area (Å²) in [4.78, 5) is 19.9. The van der Waals surface area contributed by atoms with E-state index >= 15 is 0 Å². The number of esters is 1. The van der Waals surface area contributed by atoms with Crippen LogP contribution in [0.2, 0.25) is 5.15 Å². The predicted molar refractivity (Wildman–Crippen MR) is 73.8 cm³/mol. The molecule has 0 unspecified atom stereocenters. The van der Waals surface area contributed by atoms with Gasteiger partial charge in [0.15, 0.2) is 11.4 Å². The van der Waals surface area contributed by atoms with E-state index in [0.29, 0.717) is 17.5 Å². The molecule has 0 saturated carbocycles. The lowest BCUT2D eigenvalue weighted by molar-refractivity contribution is 0.0460. The van der Waals surface area contributed by atoms with Crippen molar-refractivity contribution < 1.29 is 14.3 Å². The van der Waals surface area contributed by atoms with Crippen LogP contribution in [-0.4, -0.2) is 22.5 Å². The van der Waals surface area contributed by atoms with Crippen LogP contribution < -0.4 is 4.74 Å². The number of carbonyl (C=O) groups excluding carboxylic acids is 1. The average Bonchev–Trinajstić information content (AvgIpc) is 2.47. The lowest BCUT2D eigenvalue weighted by atomic mass is 10.3. The Labute approximate surface area is 121 Å². The van der Waals surface area contributed by atoms with Gasteiger partial charge in [0, 0.05) is 18.0 Å². The van der Waals surface area contributed by atoms with E-state index in [0.717, 1.165) is 5.56 Å². The molecule has 0 bridgehead atoms. The van der Waals surface area contributed by atoms with Crippen molar-refractivity contribution >= 4 is 17.6 Å². The average molecular weight is 293 g/mol. The Morgan fingerprint density at radius 1 is 1.30 bits per heavy atom. The van der Waals surface area contributed by atoms with Gasteiger partial charge in [0.2, 0.25) is 0 Å². The molecule has 0 saturated heterocycles. The van der Waals surface area contributed by atoms with Crippen LogP contribution in [0.4, 0.5) is 0 Å². The van der Waals surface area contributed by atoms with Gasteiger partial charge in [-0.3, -0.25) is 0 Å². The molecule has 2 aromatic heterocycles. The van der Waals surface area contributed by atoms with Crippen molar-refractivity contribution in [3.63, 3.8) is 0 Å². The minimum atomic E-state index is -0.538. The van der Waals surface area contributed by atoms with Crippen molar-refractivity contribution in [2.75, 3.05) is 6.61 Å². The Morgan fingerprint density at radius 3 is 2.85 bits per heavy atom. The second-order valence-corrected chi connectivity index (χ2v) is 4.24. The monoisotopic (exact) mass is 292 g/mol. The summed E-state index contributed by atoms with van der Waals surface area (Å²) in [6.07, 6.45) is 3.07. The van der Waals surface area contributed by atoms with Crippen molar-refractivity contribution in [1.82, 2.24) is 9.97 Å². The van der Waals surface area contributed by atoms with Crippen LogP contribution in [0.1, 0.15) is 23.0 Å². The van der Waals surface area contributed by atoms with Crippen molar-refractivity contribution in [2.24, 2.45) is 0 Å². The molecule has 0 aliphatic heterocycles. The zero-order chi connectivity index (χ0) is 14.4. The zero-order valence-corrected chi connectivity index (χ0v) is 11.6. The number of halogens is 1. The van der Waals surface area contributed by atoms with Crippen LogP contribution in [0.15, 0.2) is 36.7 Å². The van der Waals surface area contributed by atoms with Gasteiger partial charge in [-0.05, 0) is 25.1 Å². The molecule has 0 spiro atoms. The fraction of sp³-hybridized carbons (Fsp3) is 0.214. The largest absolute Gasteiger partial charge is 0.491 e. The smallest absolute Gasteiger partial charge is 0.361 e. The maximum Gasteiger partial charge on any atom is 0.361 e. The molecule has 104 valence electrons. The Kier molecular flexibility index (Phi) is 4.90. The summed E-state index contributed by atoms with van der Waals surface area (Å²) in [5.41, 5.74) is 0.910. The standard InChI is InChI=1S/C14H13ClN2O3/c1-2-19-11-4-3-7-16-13(11)14(18)20-9-10-5-6-12(15)17-8-10/h3-8H,2,9H2,1H3. The van der Waals surface area contributed by atoms with Gasteiger partial charge in [-0.2, -0.15) is 0 Å². The molecule has 6 heteroatoms. The number of hydrogen-bond donors (Lipinski definition) is 0. The van der Waals surface area contributed by atoms with E-state index in [1.54, 1.807) is 30.5 Å². The number of hydrogen-bond acceptors (Lipinski definition) is 5. The quantitative estimate of drug-likeness (QED) is 0.626. The molecule has 2 aromatic rings. The van der Waals surface area contributed by atoms with E-state index in [4.69, 9.17) is 21.1 Å². The fourth-order valence-corrected chi connectivity index (χ4v) is 1.64. The van der Waals surface area contributed by atoms with Crippen LogP contribution in [0.5, 0.6) is 5.75 Å². The third-order valence-corrected chi connectivity index (χ3v) is 2.65. The molecule has 5 nitrogen and oxygen atoms in total. The molecule has 0 aromatic carbocycles. The van der Waals surface area contributed by atoms with Crippen molar-refractivity contribution in [2.45, 2.75) is 13.5 Å². The van der Waals surface area contributed by atoms with Crippen molar-refractivity contribution in [3.8, 4) is 5.75 Å². The molecular formula is C14H13ClN2O3. The second kappa shape index (κ2) is 6.86. The van der Waals surface area contributed by atoms with E-state index in [9.17, 15) is 4.79 Å². The summed E-state index contributed by atoms with van der Waals surface area (Å²) in [6.45, 7) is 2.39. The highest BCUT2D eigenvalue weighted by Gasteiger charge is 2.15. The third kappa shape index (κ3) is 3.68. The van der Waals surface area contributed by atoms with Gasteiger partial charge < -0.3 is 9.47 Å². The summed E-state index contributed by atoms with van der Waals surface area (Å²) in [5, 5.41) is 0.392. The molecular weight excluding hydrogens is 280 g/mol. The third-order valence-electron chi connectivity index (χ3n) is 2.42. The SMILES string of the molecule is CCOc1cccnc1C(=O)OCc1ccc(Cl)nc1. The predicted octanol–water partition coefficient (Wildman–Crippen LogP) is 2.89. The highest BCUT2D eigenvalue weighted by Crippen LogP contribution is 2.17. The Hall–Kier alpha value is -2.14. The Bertz CT molecular complexity index is 587. The van der Waals surface area contributed by atoms with Crippen LogP contribution in [0, 0.1) is 0 Å². The normalized spacial score (nSPS) is 10.1. The van der Waals surface area contributed by atoms with E-state index in [-0.39, 0.29) is 12.3 Å². The van der Waals surface area contributed by atoms with E-state index in [2.05, 4.69) is 9.97 Å². The minimum Gasteiger partial charge on any atom is -0.491 e. The first kappa shape index (κ1) is 14.3. The first-order valence-corrected chi connectivity index (χ1v) is 6.44. The number of nitrogens with zero attached hydrogens (tertiary/aromatic N) is 2. The number of rotatable bonds is 5. The van der Waals surface area contributed by atoms with Gasteiger partial charge in [-0.1, -0.05) is 17.7 Å². The first-order valence-electron chi connectivity index (χ1n) is 6.06. The molecule has 0 aliphatic rings. The molecule has 2 rings (SSSR count). The maximum atomic E-state index is 12.0. The highest BCUT2D eigenvalue weighted by molar-refractivity contribution is 6.29. The lowest BCUT2D eigenvalue weighted by Crippen LogP contribution is -2.10. The van der Waals surface area contributed by atoms with Crippen LogP contribution >= 0.6 is 11.6 Å². The Balaban J connectivity index is 2.03. The summed E-state index contributed by atoms with van der Waals surface area (Å²) in [5.74, 6) is -0.127. The molecule has 0 atom stereocenters. The highest BCUT2D eigenvalue weighted by atomic mass is 35.5. The van der Waals surface area contributed by atoms with Gasteiger partial charge >= 0.3 is 5.97 Å². The second-order valence-electron chi connectivity index (χ2n) is 3.85. The van der Waals surface area contributed by atoms with E-state index in [1.165, 1.54) is 6.20 Å². The molecule has 0 fully saturated rings.